The van der Waals surface area contributed by atoms with Crippen LogP contribution in [0.2, 0.25) is 0 Å². The number of carbonyl (C=O) groups excluding carboxylic acids is 2. The van der Waals surface area contributed by atoms with Crippen molar-refractivity contribution in [1.29, 1.82) is 0 Å². The van der Waals surface area contributed by atoms with Crippen LogP contribution in [0.1, 0.15) is 57.1 Å². The van der Waals surface area contributed by atoms with Gasteiger partial charge < -0.3 is 4.74 Å². The summed E-state index contributed by atoms with van der Waals surface area (Å²) in [5.74, 6) is -0.372. The number of hydrogen-bond acceptors (Lipinski definition) is 3. The lowest BCUT2D eigenvalue weighted by Crippen LogP contribution is -2.51. The smallest absolute Gasteiger partial charge is 0.320 e. The summed E-state index contributed by atoms with van der Waals surface area (Å²) in [6.45, 7) is 2.01. The molecule has 1 aliphatic heterocycles. The number of benzene rings is 1. The SMILES string of the molecule is CCC1C(=O)C2(CCCCC2)C(=O)OC1c1ccccc1. The summed E-state index contributed by atoms with van der Waals surface area (Å²) in [4.78, 5) is 25.6. The van der Waals surface area contributed by atoms with Crippen LogP contribution in [0.25, 0.3) is 0 Å². The van der Waals surface area contributed by atoms with Gasteiger partial charge in [-0.25, -0.2) is 0 Å². The highest BCUT2D eigenvalue weighted by Gasteiger charge is 2.55. The van der Waals surface area contributed by atoms with Crippen LogP contribution < -0.4 is 0 Å². The van der Waals surface area contributed by atoms with Crippen molar-refractivity contribution >= 4 is 11.8 Å². The van der Waals surface area contributed by atoms with E-state index >= 15 is 0 Å². The van der Waals surface area contributed by atoms with Gasteiger partial charge in [-0.15, -0.1) is 0 Å². The summed E-state index contributed by atoms with van der Waals surface area (Å²) in [6, 6.07) is 9.65. The van der Waals surface area contributed by atoms with Crippen molar-refractivity contribution in [3.8, 4) is 0 Å². The third-order valence-electron chi connectivity index (χ3n) is 5.07. The van der Waals surface area contributed by atoms with Gasteiger partial charge in [-0.1, -0.05) is 56.5 Å². The molecular formula is C18H22O3. The van der Waals surface area contributed by atoms with Crippen LogP contribution in [0, 0.1) is 11.3 Å². The number of esters is 1. The third kappa shape index (κ3) is 2.29. The Balaban J connectivity index is 1.94. The van der Waals surface area contributed by atoms with Crippen molar-refractivity contribution in [1.82, 2.24) is 0 Å². The molecule has 1 heterocycles. The Morgan fingerprint density at radius 3 is 2.38 bits per heavy atom. The summed E-state index contributed by atoms with van der Waals surface area (Å²) in [5, 5.41) is 0. The van der Waals surface area contributed by atoms with Gasteiger partial charge in [-0.3, -0.25) is 9.59 Å². The molecule has 1 saturated carbocycles. The molecule has 0 bridgehead atoms. The minimum absolute atomic E-state index is 0.120. The molecule has 3 nitrogen and oxygen atoms in total. The fourth-order valence-electron chi connectivity index (χ4n) is 3.85. The van der Waals surface area contributed by atoms with Crippen LogP contribution in [-0.4, -0.2) is 11.8 Å². The molecule has 1 spiro atoms. The number of ether oxygens (including phenoxy) is 1. The van der Waals surface area contributed by atoms with E-state index in [2.05, 4.69) is 0 Å². The zero-order valence-corrected chi connectivity index (χ0v) is 12.5. The van der Waals surface area contributed by atoms with Gasteiger partial charge in [-0.05, 0) is 24.8 Å². The predicted octanol–water partition coefficient (Wildman–Crippen LogP) is 3.83. The Morgan fingerprint density at radius 1 is 1.10 bits per heavy atom. The van der Waals surface area contributed by atoms with Crippen LogP contribution in [0.4, 0.5) is 0 Å². The van der Waals surface area contributed by atoms with Crippen LogP contribution in [0.3, 0.4) is 0 Å². The van der Waals surface area contributed by atoms with E-state index in [0.717, 1.165) is 24.8 Å². The largest absolute Gasteiger partial charge is 0.456 e. The average Bonchev–Trinajstić information content (AvgIpc) is 2.54. The van der Waals surface area contributed by atoms with Crippen molar-refractivity contribution < 1.29 is 14.3 Å². The van der Waals surface area contributed by atoms with Gasteiger partial charge >= 0.3 is 5.97 Å². The second kappa shape index (κ2) is 5.63. The van der Waals surface area contributed by atoms with E-state index in [0.29, 0.717) is 19.3 Å². The van der Waals surface area contributed by atoms with Gasteiger partial charge in [0.05, 0.1) is 5.92 Å². The highest BCUT2D eigenvalue weighted by Crippen LogP contribution is 2.48. The second-order valence-corrected chi connectivity index (χ2v) is 6.26. The first-order valence-electron chi connectivity index (χ1n) is 7.99. The first-order valence-corrected chi connectivity index (χ1v) is 7.99. The van der Waals surface area contributed by atoms with E-state index in [-0.39, 0.29) is 17.7 Å². The minimum atomic E-state index is -0.843. The summed E-state index contributed by atoms with van der Waals surface area (Å²) in [7, 11) is 0. The van der Waals surface area contributed by atoms with Crippen molar-refractivity contribution in [2.24, 2.45) is 11.3 Å². The molecule has 2 aliphatic rings. The second-order valence-electron chi connectivity index (χ2n) is 6.26. The zero-order chi connectivity index (χ0) is 14.9. The Morgan fingerprint density at radius 2 is 1.76 bits per heavy atom. The summed E-state index contributed by atoms with van der Waals surface area (Å²) in [6.07, 6.45) is 4.66. The van der Waals surface area contributed by atoms with Crippen molar-refractivity contribution in [2.75, 3.05) is 0 Å². The van der Waals surface area contributed by atoms with E-state index in [1.54, 1.807) is 0 Å². The molecule has 1 aromatic carbocycles. The van der Waals surface area contributed by atoms with Crippen molar-refractivity contribution in [3.63, 3.8) is 0 Å². The Hall–Kier alpha value is -1.64. The first-order chi connectivity index (χ1) is 10.2. The number of cyclic esters (lactones) is 1. The average molecular weight is 286 g/mol. The molecule has 2 unspecified atom stereocenters. The topological polar surface area (TPSA) is 43.4 Å². The van der Waals surface area contributed by atoms with Gasteiger partial charge in [0.2, 0.25) is 0 Å². The molecule has 1 aliphatic carbocycles. The first kappa shape index (κ1) is 14.3. The standard InChI is InChI=1S/C18H22O3/c1-2-14-15(13-9-5-3-6-10-13)21-17(20)18(16(14)19)11-7-4-8-12-18/h3,5-6,9-10,14-15H,2,4,7-8,11-12H2,1H3. The van der Waals surface area contributed by atoms with Crippen molar-refractivity contribution in [2.45, 2.75) is 51.6 Å². The highest BCUT2D eigenvalue weighted by atomic mass is 16.5. The lowest BCUT2D eigenvalue weighted by molar-refractivity contribution is -0.184. The molecule has 0 aromatic heterocycles. The molecule has 112 valence electrons. The lowest BCUT2D eigenvalue weighted by Gasteiger charge is -2.43. The number of carbonyl (C=O) groups is 2. The van der Waals surface area contributed by atoms with E-state index in [1.165, 1.54) is 0 Å². The molecule has 2 atom stereocenters. The monoisotopic (exact) mass is 286 g/mol. The van der Waals surface area contributed by atoms with Gasteiger partial charge in [0, 0.05) is 0 Å². The van der Waals surface area contributed by atoms with Crippen LogP contribution in [0.5, 0.6) is 0 Å². The van der Waals surface area contributed by atoms with Crippen molar-refractivity contribution in [3.05, 3.63) is 35.9 Å². The molecule has 1 saturated heterocycles. The van der Waals surface area contributed by atoms with Crippen LogP contribution in [-0.2, 0) is 14.3 Å². The molecule has 3 rings (SSSR count). The van der Waals surface area contributed by atoms with E-state index in [4.69, 9.17) is 4.74 Å². The minimum Gasteiger partial charge on any atom is -0.456 e. The number of rotatable bonds is 2. The normalized spacial score (nSPS) is 28.4. The predicted molar refractivity (Wildman–Crippen MR) is 79.6 cm³/mol. The molecule has 0 radical (unpaired) electrons. The third-order valence-corrected chi connectivity index (χ3v) is 5.07. The molecule has 2 fully saturated rings. The summed E-state index contributed by atoms with van der Waals surface area (Å²) < 4.78 is 5.78. The van der Waals surface area contributed by atoms with E-state index in [1.807, 2.05) is 37.3 Å². The fourth-order valence-corrected chi connectivity index (χ4v) is 3.85. The van der Waals surface area contributed by atoms with Gasteiger partial charge in [0.1, 0.15) is 11.5 Å². The number of hydrogen-bond donors (Lipinski definition) is 0. The van der Waals surface area contributed by atoms with Crippen LogP contribution >= 0.6 is 0 Å². The molecular weight excluding hydrogens is 264 g/mol. The summed E-state index contributed by atoms with van der Waals surface area (Å²) in [5.41, 5.74) is 0.0845. The van der Waals surface area contributed by atoms with Crippen LogP contribution in [0.15, 0.2) is 30.3 Å². The molecule has 0 amide bonds. The fraction of sp³-hybridized carbons (Fsp3) is 0.556. The number of Topliss-reactive ketones (excluding diaryl/α,β-unsaturated/α-hetero) is 1. The molecule has 3 heteroatoms. The summed E-state index contributed by atoms with van der Waals surface area (Å²) >= 11 is 0. The maximum Gasteiger partial charge on any atom is 0.320 e. The van der Waals surface area contributed by atoms with Gasteiger partial charge in [0.25, 0.3) is 0 Å². The Kier molecular flexibility index (Phi) is 3.83. The van der Waals surface area contributed by atoms with E-state index in [9.17, 15) is 9.59 Å². The Labute approximate surface area is 125 Å². The van der Waals surface area contributed by atoms with E-state index < -0.39 is 11.5 Å². The highest BCUT2D eigenvalue weighted by molar-refractivity contribution is 6.07. The molecule has 0 N–H and O–H groups in total. The zero-order valence-electron chi connectivity index (χ0n) is 12.5. The van der Waals surface area contributed by atoms with Gasteiger partial charge in [0.15, 0.2) is 5.78 Å². The number of ketones is 1. The maximum atomic E-state index is 13.0. The van der Waals surface area contributed by atoms with Gasteiger partial charge in [-0.2, -0.15) is 0 Å². The molecule has 21 heavy (non-hydrogen) atoms. The maximum absolute atomic E-state index is 13.0. The molecule has 1 aromatic rings. The quantitative estimate of drug-likeness (QED) is 0.613. The lowest BCUT2D eigenvalue weighted by atomic mass is 9.64. The Bertz CT molecular complexity index is 529.